The number of carboxylic acid groups (broad SMARTS) is 1. The van der Waals surface area contributed by atoms with Crippen LogP contribution in [0.25, 0.3) is 0 Å². The Bertz CT molecular complexity index is 1470. The van der Waals surface area contributed by atoms with Crippen LogP contribution in [0.3, 0.4) is 0 Å². The van der Waals surface area contributed by atoms with Crippen molar-refractivity contribution in [2.24, 2.45) is 40.4 Å². The van der Waals surface area contributed by atoms with E-state index in [-0.39, 0.29) is 29.1 Å². The molecule has 0 spiro atoms. The SMILES string of the molecule is CC(=CCCC(C)C1CCC2=C3CCC4C(C)C(OS(=O)(=O)O)CCC4(C)C3CCC21C)C(=O)NC(Cc1ccccc1)C(=O)O. The van der Waals surface area contributed by atoms with Crippen molar-refractivity contribution in [3.05, 3.63) is 58.7 Å². The van der Waals surface area contributed by atoms with Crippen LogP contribution in [0.4, 0.5) is 0 Å². The van der Waals surface area contributed by atoms with Gasteiger partial charge in [-0.15, -0.1) is 0 Å². The molecule has 3 fully saturated rings. The summed E-state index contributed by atoms with van der Waals surface area (Å²) in [6.45, 7) is 11.1. The molecule has 9 unspecified atom stereocenters. The first-order valence-corrected chi connectivity index (χ1v) is 18.6. The first-order valence-electron chi connectivity index (χ1n) is 17.3. The number of carbonyl (C=O) groups excluding carboxylic acids is 1. The van der Waals surface area contributed by atoms with E-state index in [2.05, 4.69) is 33.0 Å². The van der Waals surface area contributed by atoms with Crippen LogP contribution in [0, 0.1) is 40.4 Å². The van der Waals surface area contributed by atoms with Gasteiger partial charge < -0.3 is 10.4 Å². The highest BCUT2D eigenvalue weighted by atomic mass is 32.3. The standard InChI is InChI=1S/C37H53NO7S/c1-23(10-9-11-24(2)34(39)38-32(35(40)41)22-26-12-7-6-8-13-26)28-16-17-30-27-14-15-29-25(3)33(45-46(42,43)44)19-21-37(29,5)31(27)18-20-36(28,30)4/h6-8,11-13,23,25,28-29,31-33H,9-10,14-22H2,1-5H3,(H,38,39)(H,40,41)(H,42,43,44). The fraction of sp³-hybridized carbons (Fsp3) is 0.676. The van der Waals surface area contributed by atoms with Crippen molar-refractivity contribution in [3.63, 3.8) is 0 Å². The highest BCUT2D eigenvalue weighted by Gasteiger charge is 2.57. The van der Waals surface area contributed by atoms with Crippen LogP contribution < -0.4 is 5.32 Å². The Balaban J connectivity index is 1.20. The number of rotatable bonds is 11. The summed E-state index contributed by atoms with van der Waals surface area (Å²) in [6, 6.07) is 8.37. The summed E-state index contributed by atoms with van der Waals surface area (Å²) in [5.41, 5.74) is 5.10. The summed E-state index contributed by atoms with van der Waals surface area (Å²) < 4.78 is 37.4. The summed E-state index contributed by atoms with van der Waals surface area (Å²) >= 11 is 0. The molecule has 0 saturated heterocycles. The molecule has 9 heteroatoms. The zero-order valence-electron chi connectivity index (χ0n) is 28.1. The van der Waals surface area contributed by atoms with Gasteiger partial charge in [-0.1, -0.05) is 75.2 Å². The minimum absolute atomic E-state index is 0.0781. The van der Waals surface area contributed by atoms with Crippen LogP contribution in [-0.4, -0.2) is 42.1 Å². The van der Waals surface area contributed by atoms with Gasteiger partial charge in [0.25, 0.3) is 0 Å². The van der Waals surface area contributed by atoms with E-state index in [4.69, 9.17) is 4.18 Å². The van der Waals surface area contributed by atoms with Gasteiger partial charge >= 0.3 is 16.4 Å². The second-order valence-corrected chi connectivity index (χ2v) is 16.3. The van der Waals surface area contributed by atoms with Crippen LogP contribution in [0.15, 0.2) is 53.1 Å². The van der Waals surface area contributed by atoms with Gasteiger partial charge in [0, 0.05) is 12.0 Å². The largest absolute Gasteiger partial charge is 0.480 e. The number of nitrogens with one attached hydrogen (secondary N) is 1. The maximum atomic E-state index is 12.9. The second-order valence-electron chi connectivity index (χ2n) is 15.3. The molecule has 0 heterocycles. The molecule has 0 aromatic heterocycles. The Morgan fingerprint density at radius 2 is 1.80 bits per heavy atom. The van der Waals surface area contributed by atoms with Crippen LogP contribution in [0.2, 0.25) is 0 Å². The summed E-state index contributed by atoms with van der Waals surface area (Å²) in [6.07, 6.45) is 11.9. The quantitative estimate of drug-likeness (QED) is 0.129. The van der Waals surface area contributed by atoms with Crippen molar-refractivity contribution in [2.75, 3.05) is 0 Å². The Morgan fingerprint density at radius 3 is 2.48 bits per heavy atom. The first-order chi connectivity index (χ1) is 21.6. The maximum absolute atomic E-state index is 12.9. The molecule has 1 aromatic carbocycles. The highest BCUT2D eigenvalue weighted by Crippen LogP contribution is 2.66. The highest BCUT2D eigenvalue weighted by molar-refractivity contribution is 7.80. The van der Waals surface area contributed by atoms with E-state index < -0.39 is 28.5 Å². The lowest BCUT2D eigenvalue weighted by Gasteiger charge is -2.58. The average molecular weight is 656 g/mol. The van der Waals surface area contributed by atoms with E-state index in [0.29, 0.717) is 35.7 Å². The van der Waals surface area contributed by atoms with Crippen molar-refractivity contribution >= 4 is 22.3 Å². The molecule has 1 amide bonds. The lowest BCUT2D eigenvalue weighted by atomic mass is 9.47. The Morgan fingerprint density at radius 1 is 1.09 bits per heavy atom. The molecular formula is C37H53NO7S. The molecule has 254 valence electrons. The van der Waals surface area contributed by atoms with Gasteiger partial charge in [-0.2, -0.15) is 8.42 Å². The van der Waals surface area contributed by atoms with E-state index in [9.17, 15) is 27.7 Å². The number of aliphatic carboxylic acids is 1. The fourth-order valence-corrected chi connectivity index (χ4v) is 10.9. The molecule has 0 aliphatic heterocycles. The van der Waals surface area contributed by atoms with E-state index in [1.54, 1.807) is 18.1 Å². The van der Waals surface area contributed by atoms with Gasteiger partial charge in [0.2, 0.25) is 5.91 Å². The van der Waals surface area contributed by atoms with Crippen LogP contribution in [0.1, 0.15) is 104 Å². The molecule has 3 saturated carbocycles. The monoisotopic (exact) mass is 655 g/mol. The van der Waals surface area contributed by atoms with Crippen molar-refractivity contribution in [2.45, 2.75) is 117 Å². The number of fused-ring (bicyclic) bond motifs is 4. The molecular weight excluding hydrogens is 602 g/mol. The van der Waals surface area contributed by atoms with Crippen LogP contribution >= 0.6 is 0 Å². The minimum Gasteiger partial charge on any atom is -0.480 e. The Labute approximate surface area is 275 Å². The summed E-state index contributed by atoms with van der Waals surface area (Å²) in [5.74, 6) is 0.696. The van der Waals surface area contributed by atoms with E-state index in [0.717, 1.165) is 50.5 Å². The number of hydrogen-bond donors (Lipinski definition) is 3. The number of carbonyl (C=O) groups is 2. The Hall–Kier alpha value is -2.49. The number of allylic oxidation sites excluding steroid dienone is 3. The van der Waals surface area contributed by atoms with Crippen molar-refractivity contribution in [1.29, 1.82) is 0 Å². The number of hydrogen-bond acceptors (Lipinski definition) is 5. The molecule has 8 nitrogen and oxygen atoms in total. The van der Waals surface area contributed by atoms with Gasteiger partial charge in [0.15, 0.2) is 0 Å². The van der Waals surface area contributed by atoms with Crippen molar-refractivity contribution in [3.8, 4) is 0 Å². The molecule has 4 aliphatic carbocycles. The molecule has 1 aromatic rings. The van der Waals surface area contributed by atoms with Gasteiger partial charge in [-0.25, -0.2) is 8.98 Å². The second kappa shape index (κ2) is 13.6. The normalized spacial score (nSPS) is 34.2. The predicted molar refractivity (Wildman–Crippen MR) is 178 cm³/mol. The molecule has 0 radical (unpaired) electrons. The third-order valence-electron chi connectivity index (χ3n) is 12.8. The van der Waals surface area contributed by atoms with E-state index >= 15 is 0 Å². The lowest BCUT2D eigenvalue weighted by molar-refractivity contribution is -0.141. The van der Waals surface area contributed by atoms with E-state index in [1.165, 1.54) is 12.8 Å². The van der Waals surface area contributed by atoms with E-state index in [1.807, 2.05) is 36.4 Å². The molecule has 46 heavy (non-hydrogen) atoms. The molecule has 3 N–H and O–H groups in total. The van der Waals surface area contributed by atoms with Crippen molar-refractivity contribution in [1.82, 2.24) is 5.32 Å². The molecule has 4 aliphatic rings. The van der Waals surface area contributed by atoms with Gasteiger partial charge in [-0.3, -0.25) is 9.35 Å². The third kappa shape index (κ3) is 7.02. The third-order valence-corrected chi connectivity index (χ3v) is 13.3. The van der Waals surface area contributed by atoms with Crippen molar-refractivity contribution < 1.29 is 31.8 Å². The molecule has 9 atom stereocenters. The number of amides is 1. The first kappa shape index (κ1) is 34.8. The number of carboxylic acids is 1. The topological polar surface area (TPSA) is 130 Å². The lowest BCUT2D eigenvalue weighted by Crippen LogP contribution is -2.52. The summed E-state index contributed by atoms with van der Waals surface area (Å²) in [5, 5.41) is 12.4. The fourth-order valence-electron chi connectivity index (χ4n) is 10.4. The smallest absolute Gasteiger partial charge is 0.397 e. The Kier molecular flexibility index (Phi) is 10.3. The van der Waals surface area contributed by atoms with Gasteiger partial charge in [0.05, 0.1) is 6.10 Å². The van der Waals surface area contributed by atoms with Crippen LogP contribution in [-0.2, 0) is 30.6 Å². The maximum Gasteiger partial charge on any atom is 0.397 e. The zero-order chi connectivity index (χ0) is 33.4. The number of benzene rings is 1. The zero-order valence-corrected chi connectivity index (χ0v) is 28.9. The van der Waals surface area contributed by atoms with Gasteiger partial charge in [0.1, 0.15) is 6.04 Å². The summed E-state index contributed by atoms with van der Waals surface area (Å²) in [7, 11) is -4.46. The van der Waals surface area contributed by atoms with Crippen LogP contribution in [0.5, 0.6) is 0 Å². The minimum atomic E-state index is -4.46. The molecule has 0 bridgehead atoms. The average Bonchev–Trinajstić information content (AvgIpc) is 3.35. The van der Waals surface area contributed by atoms with Gasteiger partial charge in [-0.05, 0) is 117 Å². The molecule has 5 rings (SSSR count). The predicted octanol–water partition coefficient (Wildman–Crippen LogP) is 7.32. The summed E-state index contributed by atoms with van der Waals surface area (Å²) in [4.78, 5) is 24.7.